The van der Waals surface area contributed by atoms with Crippen LogP contribution < -0.4 is 20.3 Å². The quantitative estimate of drug-likeness (QED) is 0.251. The maximum Gasteiger partial charge on any atom is 0.312 e. The molecule has 5 aromatic rings. The lowest BCUT2D eigenvalue weighted by Gasteiger charge is -2.25. The van der Waals surface area contributed by atoms with Crippen LogP contribution in [-0.4, -0.2) is 18.2 Å². The molecule has 0 saturated carbocycles. The molecule has 1 N–H and O–H groups in total. The molecule has 3 aromatic carbocycles. The Morgan fingerprint density at radius 1 is 0.973 bits per heavy atom. The van der Waals surface area contributed by atoms with Crippen molar-refractivity contribution in [2.75, 3.05) is 7.11 Å². The minimum atomic E-state index is -0.851. The molecular weight excluding hydrogens is 500 g/mol. The molecule has 0 bridgehead atoms. The van der Waals surface area contributed by atoms with Crippen molar-refractivity contribution < 1.29 is 28.2 Å². The molecule has 1 unspecified atom stereocenters. The summed E-state index contributed by atoms with van der Waals surface area (Å²) in [6.45, 7) is 0. The number of phenolic OH excluding ortho intramolecular Hbond substituents is 1. The molecule has 2 aromatic heterocycles. The van der Waals surface area contributed by atoms with Crippen LogP contribution in [0.3, 0.4) is 0 Å². The summed E-state index contributed by atoms with van der Waals surface area (Å²) in [5.74, 6) is -1.41. The normalized spacial score (nSPS) is 15.0. The summed E-state index contributed by atoms with van der Waals surface area (Å²) in [4.78, 5) is 39.5. The SMILES string of the molecule is COc1ccc2occ(C3CC(=O)Oc4cc(O)c5c(=O)c(-c6ccc(Cl)cc6)coc5c43)c(=O)c2c1. The Morgan fingerprint density at radius 3 is 2.51 bits per heavy atom. The number of methoxy groups -OCH3 is 1. The van der Waals surface area contributed by atoms with Gasteiger partial charge < -0.3 is 23.4 Å². The molecule has 6 rings (SSSR count). The van der Waals surface area contributed by atoms with Gasteiger partial charge in [-0.3, -0.25) is 14.4 Å². The second-order valence-electron chi connectivity index (χ2n) is 8.61. The zero-order valence-electron chi connectivity index (χ0n) is 19.2. The molecule has 0 radical (unpaired) electrons. The van der Waals surface area contributed by atoms with Gasteiger partial charge >= 0.3 is 5.97 Å². The van der Waals surface area contributed by atoms with Crippen molar-refractivity contribution >= 4 is 39.5 Å². The summed E-state index contributed by atoms with van der Waals surface area (Å²) in [5, 5.41) is 11.4. The molecule has 0 spiro atoms. The van der Waals surface area contributed by atoms with E-state index in [1.54, 1.807) is 42.5 Å². The maximum atomic E-state index is 13.5. The van der Waals surface area contributed by atoms with Crippen molar-refractivity contribution in [3.05, 3.63) is 97.7 Å². The summed E-state index contributed by atoms with van der Waals surface area (Å²) in [6, 6.07) is 12.6. The highest BCUT2D eigenvalue weighted by Gasteiger charge is 2.35. The van der Waals surface area contributed by atoms with Crippen molar-refractivity contribution in [1.82, 2.24) is 0 Å². The molecule has 9 heteroatoms. The van der Waals surface area contributed by atoms with Crippen molar-refractivity contribution in [1.29, 1.82) is 0 Å². The Bertz CT molecular complexity index is 1850. The molecule has 1 atom stereocenters. The Hall–Kier alpha value is -4.56. The van der Waals surface area contributed by atoms with Crippen molar-refractivity contribution in [3.8, 4) is 28.4 Å². The topological polar surface area (TPSA) is 116 Å². The van der Waals surface area contributed by atoms with E-state index in [1.165, 1.54) is 25.7 Å². The number of hydrogen-bond acceptors (Lipinski definition) is 8. The molecule has 0 saturated heterocycles. The minimum absolute atomic E-state index is 0.00113. The fraction of sp³-hybridized carbons (Fsp3) is 0.107. The first kappa shape index (κ1) is 22.9. The number of ether oxygens (including phenoxy) is 2. The van der Waals surface area contributed by atoms with Gasteiger partial charge in [0.05, 0.1) is 30.7 Å². The molecule has 8 nitrogen and oxygen atoms in total. The number of halogens is 1. The van der Waals surface area contributed by atoms with E-state index in [-0.39, 0.29) is 45.1 Å². The lowest BCUT2D eigenvalue weighted by molar-refractivity contribution is -0.135. The first-order chi connectivity index (χ1) is 17.9. The summed E-state index contributed by atoms with van der Waals surface area (Å²) < 4.78 is 22.2. The summed E-state index contributed by atoms with van der Waals surface area (Å²) >= 11 is 5.97. The van der Waals surface area contributed by atoms with Crippen molar-refractivity contribution in [2.45, 2.75) is 12.3 Å². The number of aromatic hydroxyl groups is 1. The Morgan fingerprint density at radius 2 is 1.76 bits per heavy atom. The predicted molar refractivity (Wildman–Crippen MR) is 136 cm³/mol. The van der Waals surface area contributed by atoms with Crippen LogP contribution in [0.25, 0.3) is 33.1 Å². The van der Waals surface area contributed by atoms with Gasteiger partial charge in [-0.1, -0.05) is 23.7 Å². The van der Waals surface area contributed by atoms with Crippen LogP contribution in [-0.2, 0) is 4.79 Å². The zero-order chi connectivity index (χ0) is 25.8. The largest absolute Gasteiger partial charge is 0.507 e. The molecule has 0 amide bonds. The van der Waals surface area contributed by atoms with E-state index in [4.69, 9.17) is 29.9 Å². The van der Waals surface area contributed by atoms with Crippen LogP contribution in [0.1, 0.15) is 23.5 Å². The second kappa shape index (κ2) is 8.53. The molecule has 184 valence electrons. The number of rotatable bonds is 3. The number of carbonyl (C=O) groups excluding carboxylic acids is 1. The lowest BCUT2D eigenvalue weighted by atomic mass is 9.85. The first-order valence-electron chi connectivity index (χ1n) is 11.2. The highest BCUT2D eigenvalue weighted by atomic mass is 35.5. The van der Waals surface area contributed by atoms with Crippen LogP contribution in [0.4, 0.5) is 0 Å². The molecule has 0 aliphatic carbocycles. The number of fused-ring (bicyclic) bond motifs is 4. The van der Waals surface area contributed by atoms with Gasteiger partial charge in [0.25, 0.3) is 0 Å². The molecule has 1 aliphatic heterocycles. The van der Waals surface area contributed by atoms with Gasteiger partial charge in [-0.25, -0.2) is 0 Å². The van der Waals surface area contributed by atoms with E-state index in [9.17, 15) is 19.5 Å². The van der Waals surface area contributed by atoms with E-state index < -0.39 is 23.1 Å². The number of hydrogen-bond donors (Lipinski definition) is 1. The fourth-order valence-corrected chi connectivity index (χ4v) is 4.84. The van der Waals surface area contributed by atoms with E-state index in [2.05, 4.69) is 0 Å². The summed E-state index contributed by atoms with van der Waals surface area (Å²) in [5.41, 5.74) is 0.729. The number of carbonyl (C=O) groups is 1. The summed E-state index contributed by atoms with van der Waals surface area (Å²) in [6.07, 6.45) is 2.37. The monoisotopic (exact) mass is 516 g/mol. The average molecular weight is 517 g/mol. The van der Waals surface area contributed by atoms with Gasteiger partial charge in [-0.05, 0) is 35.9 Å². The average Bonchev–Trinajstić information content (AvgIpc) is 2.89. The Labute approximate surface area is 213 Å². The fourth-order valence-electron chi connectivity index (χ4n) is 4.72. The Balaban J connectivity index is 1.61. The van der Waals surface area contributed by atoms with E-state index >= 15 is 0 Å². The highest BCUT2D eigenvalue weighted by Crippen LogP contribution is 2.45. The molecule has 0 fully saturated rings. The van der Waals surface area contributed by atoms with Crippen LogP contribution in [0, 0.1) is 0 Å². The van der Waals surface area contributed by atoms with Crippen LogP contribution in [0.15, 0.2) is 79.5 Å². The maximum absolute atomic E-state index is 13.5. The van der Waals surface area contributed by atoms with Crippen LogP contribution >= 0.6 is 11.6 Å². The first-order valence-corrected chi connectivity index (χ1v) is 11.6. The van der Waals surface area contributed by atoms with E-state index in [1.807, 2.05) is 0 Å². The van der Waals surface area contributed by atoms with Crippen molar-refractivity contribution in [3.63, 3.8) is 0 Å². The van der Waals surface area contributed by atoms with Gasteiger partial charge in [0.15, 0.2) is 5.43 Å². The van der Waals surface area contributed by atoms with E-state index in [0.29, 0.717) is 27.5 Å². The van der Waals surface area contributed by atoms with E-state index in [0.717, 1.165) is 0 Å². The number of phenols is 1. The third-order valence-electron chi connectivity index (χ3n) is 6.51. The smallest absolute Gasteiger partial charge is 0.312 e. The van der Waals surface area contributed by atoms with Crippen LogP contribution in [0.2, 0.25) is 5.02 Å². The number of benzene rings is 3. The standard InChI is InChI=1S/C28H17ClO8/c1-34-15-6-7-21-17(8-15)26(32)19(12-35-21)16-9-23(31)37-22-10-20(30)25-27(33)18(11-36-28(25)24(16)22)13-2-4-14(29)5-3-13/h2-8,10-12,16,30H,9H2,1H3. The minimum Gasteiger partial charge on any atom is -0.507 e. The second-order valence-corrected chi connectivity index (χ2v) is 9.05. The molecule has 3 heterocycles. The summed E-state index contributed by atoms with van der Waals surface area (Å²) in [7, 11) is 1.49. The predicted octanol–water partition coefficient (Wildman–Crippen LogP) is 5.38. The Kier molecular flexibility index (Phi) is 5.27. The van der Waals surface area contributed by atoms with Crippen molar-refractivity contribution in [2.24, 2.45) is 0 Å². The molecule has 1 aliphatic rings. The van der Waals surface area contributed by atoms with Gasteiger partial charge in [0, 0.05) is 28.1 Å². The highest BCUT2D eigenvalue weighted by molar-refractivity contribution is 6.30. The third-order valence-corrected chi connectivity index (χ3v) is 6.76. The lowest BCUT2D eigenvalue weighted by Crippen LogP contribution is -2.25. The van der Waals surface area contributed by atoms with Gasteiger partial charge in [0.1, 0.15) is 40.1 Å². The van der Waals surface area contributed by atoms with Gasteiger partial charge in [-0.15, -0.1) is 0 Å². The number of esters is 1. The zero-order valence-corrected chi connectivity index (χ0v) is 20.0. The molecular formula is C28H17ClO8. The molecule has 37 heavy (non-hydrogen) atoms. The van der Waals surface area contributed by atoms with Gasteiger partial charge in [-0.2, -0.15) is 0 Å². The third kappa shape index (κ3) is 3.65. The van der Waals surface area contributed by atoms with Gasteiger partial charge in [0.2, 0.25) is 5.43 Å². The van der Waals surface area contributed by atoms with Crippen LogP contribution in [0.5, 0.6) is 17.2 Å².